The molecule has 0 aromatic heterocycles. The van der Waals surface area contributed by atoms with Crippen LogP contribution in [0.25, 0.3) is 0 Å². The first-order valence-electron chi connectivity index (χ1n) is 5.18. The number of rotatable bonds is 3. The van der Waals surface area contributed by atoms with Crippen molar-refractivity contribution in [2.24, 2.45) is 5.73 Å². The second-order valence-electron chi connectivity index (χ2n) is 3.69. The third-order valence-electron chi connectivity index (χ3n) is 2.38. The molecule has 0 bridgehead atoms. The molecule has 92 valence electrons. The molecule has 2 aromatic carbocycles. The zero-order valence-corrected chi connectivity index (χ0v) is 12.4. The molecule has 0 fully saturated rings. The Bertz CT molecular complexity index is 584. The third kappa shape index (κ3) is 3.22. The van der Waals surface area contributed by atoms with Gasteiger partial charge in [-0.15, -0.1) is 0 Å². The highest BCUT2D eigenvalue weighted by Gasteiger charge is 2.02. The number of hydrogen-bond donors (Lipinski definition) is 2. The number of nitrogens with two attached hydrogens (primary N) is 1. The number of anilines is 2. The van der Waals surface area contributed by atoms with Gasteiger partial charge in [-0.05, 0) is 58.4 Å². The number of hydrogen-bond acceptors (Lipinski definition) is 2. The standard InChI is InChI=1S/C13H10BrClN2S/c14-11-7-9(15)3-6-12(11)17-10-4-1-8(2-5-10)13(16)18/h1-7,17H,(H2,16,18). The zero-order chi connectivity index (χ0) is 13.1. The molecule has 0 spiro atoms. The van der Waals surface area contributed by atoms with Gasteiger partial charge in [0.05, 0.1) is 5.69 Å². The fourth-order valence-electron chi connectivity index (χ4n) is 1.46. The fraction of sp³-hybridized carbons (Fsp3) is 0. The Morgan fingerprint density at radius 2 is 1.83 bits per heavy atom. The summed E-state index contributed by atoms with van der Waals surface area (Å²) in [5.74, 6) is 0. The number of benzene rings is 2. The molecule has 0 saturated carbocycles. The first-order chi connectivity index (χ1) is 8.56. The second kappa shape index (κ2) is 5.69. The van der Waals surface area contributed by atoms with E-state index in [1.54, 1.807) is 0 Å². The Morgan fingerprint density at radius 1 is 1.17 bits per heavy atom. The van der Waals surface area contributed by atoms with Gasteiger partial charge in [0.1, 0.15) is 4.99 Å². The third-order valence-corrected chi connectivity index (χ3v) is 3.51. The van der Waals surface area contributed by atoms with E-state index in [0.29, 0.717) is 10.0 Å². The van der Waals surface area contributed by atoms with E-state index in [4.69, 9.17) is 29.6 Å². The van der Waals surface area contributed by atoms with Gasteiger partial charge in [0, 0.05) is 20.7 Å². The quantitative estimate of drug-likeness (QED) is 0.808. The molecular weight excluding hydrogens is 332 g/mol. The average Bonchev–Trinajstić information content (AvgIpc) is 2.33. The van der Waals surface area contributed by atoms with Crippen molar-refractivity contribution in [2.45, 2.75) is 0 Å². The van der Waals surface area contributed by atoms with E-state index in [2.05, 4.69) is 21.2 Å². The Morgan fingerprint density at radius 3 is 2.39 bits per heavy atom. The first-order valence-corrected chi connectivity index (χ1v) is 6.76. The lowest BCUT2D eigenvalue weighted by Gasteiger charge is -2.09. The summed E-state index contributed by atoms with van der Waals surface area (Å²) in [4.78, 5) is 0.397. The summed E-state index contributed by atoms with van der Waals surface area (Å²) in [7, 11) is 0. The Balaban J connectivity index is 2.21. The summed E-state index contributed by atoms with van der Waals surface area (Å²) >= 11 is 14.2. The number of halogens is 2. The predicted molar refractivity (Wildman–Crippen MR) is 84.8 cm³/mol. The molecular formula is C13H10BrClN2S. The van der Waals surface area contributed by atoms with E-state index in [1.165, 1.54) is 0 Å². The van der Waals surface area contributed by atoms with Gasteiger partial charge in [-0.25, -0.2) is 0 Å². The molecule has 5 heteroatoms. The topological polar surface area (TPSA) is 38.0 Å². The van der Waals surface area contributed by atoms with Crippen LogP contribution in [0.2, 0.25) is 5.02 Å². The van der Waals surface area contributed by atoms with Crippen molar-refractivity contribution in [3.63, 3.8) is 0 Å². The van der Waals surface area contributed by atoms with E-state index < -0.39 is 0 Å². The summed E-state index contributed by atoms with van der Waals surface area (Å²) in [6.07, 6.45) is 0. The van der Waals surface area contributed by atoms with Crippen molar-refractivity contribution in [1.29, 1.82) is 0 Å². The summed E-state index contributed by atoms with van der Waals surface area (Å²) in [5, 5.41) is 3.97. The van der Waals surface area contributed by atoms with Crippen LogP contribution in [0.3, 0.4) is 0 Å². The van der Waals surface area contributed by atoms with Gasteiger partial charge < -0.3 is 11.1 Å². The number of thiocarbonyl (C=S) groups is 1. The van der Waals surface area contributed by atoms with Crippen LogP contribution in [0.4, 0.5) is 11.4 Å². The maximum atomic E-state index is 5.89. The molecule has 0 radical (unpaired) electrons. The molecule has 0 atom stereocenters. The fourth-order valence-corrected chi connectivity index (χ4v) is 2.38. The van der Waals surface area contributed by atoms with Crippen molar-refractivity contribution in [3.05, 3.63) is 57.5 Å². The van der Waals surface area contributed by atoms with Gasteiger partial charge in [-0.1, -0.05) is 23.8 Å². The molecule has 2 rings (SSSR count). The SMILES string of the molecule is NC(=S)c1ccc(Nc2ccc(Cl)cc2Br)cc1. The van der Waals surface area contributed by atoms with E-state index in [-0.39, 0.29) is 0 Å². The van der Waals surface area contributed by atoms with Crippen molar-refractivity contribution in [2.75, 3.05) is 5.32 Å². The molecule has 0 aliphatic heterocycles. The van der Waals surface area contributed by atoms with Crippen LogP contribution in [0.15, 0.2) is 46.9 Å². The number of nitrogens with one attached hydrogen (secondary N) is 1. The van der Waals surface area contributed by atoms with Crippen LogP contribution in [-0.2, 0) is 0 Å². The highest BCUT2D eigenvalue weighted by molar-refractivity contribution is 9.10. The molecule has 18 heavy (non-hydrogen) atoms. The van der Waals surface area contributed by atoms with Crippen LogP contribution in [-0.4, -0.2) is 4.99 Å². The molecule has 0 saturated heterocycles. The van der Waals surface area contributed by atoms with E-state index >= 15 is 0 Å². The monoisotopic (exact) mass is 340 g/mol. The lowest BCUT2D eigenvalue weighted by atomic mass is 10.2. The van der Waals surface area contributed by atoms with Gasteiger partial charge in [-0.2, -0.15) is 0 Å². The zero-order valence-electron chi connectivity index (χ0n) is 9.28. The molecule has 0 heterocycles. The van der Waals surface area contributed by atoms with Crippen LogP contribution in [0, 0.1) is 0 Å². The lowest BCUT2D eigenvalue weighted by molar-refractivity contribution is 1.51. The van der Waals surface area contributed by atoms with Gasteiger partial charge in [0.25, 0.3) is 0 Å². The highest BCUT2D eigenvalue weighted by atomic mass is 79.9. The smallest absolute Gasteiger partial charge is 0.103 e. The lowest BCUT2D eigenvalue weighted by Crippen LogP contribution is -2.08. The van der Waals surface area contributed by atoms with Crippen molar-refractivity contribution < 1.29 is 0 Å². The Hall–Kier alpha value is -1.10. The van der Waals surface area contributed by atoms with Gasteiger partial charge in [0.15, 0.2) is 0 Å². The average molecular weight is 342 g/mol. The minimum atomic E-state index is 0.397. The highest BCUT2D eigenvalue weighted by Crippen LogP contribution is 2.28. The van der Waals surface area contributed by atoms with Crippen molar-refractivity contribution in [3.8, 4) is 0 Å². The summed E-state index contributed by atoms with van der Waals surface area (Å²) in [6.45, 7) is 0. The van der Waals surface area contributed by atoms with E-state index in [9.17, 15) is 0 Å². The maximum Gasteiger partial charge on any atom is 0.103 e. The second-order valence-corrected chi connectivity index (χ2v) is 5.42. The largest absolute Gasteiger partial charge is 0.389 e. The van der Waals surface area contributed by atoms with Gasteiger partial charge in [0.2, 0.25) is 0 Å². The van der Waals surface area contributed by atoms with E-state index in [0.717, 1.165) is 21.4 Å². The van der Waals surface area contributed by atoms with Crippen molar-refractivity contribution in [1.82, 2.24) is 0 Å². The molecule has 0 aliphatic rings. The predicted octanol–water partition coefficient (Wildman–Crippen LogP) is 4.48. The minimum Gasteiger partial charge on any atom is -0.389 e. The normalized spacial score (nSPS) is 10.1. The minimum absolute atomic E-state index is 0.397. The Kier molecular flexibility index (Phi) is 4.22. The van der Waals surface area contributed by atoms with Gasteiger partial charge >= 0.3 is 0 Å². The summed E-state index contributed by atoms with van der Waals surface area (Å²) < 4.78 is 0.911. The van der Waals surface area contributed by atoms with Crippen LogP contribution in [0.1, 0.15) is 5.56 Å². The summed E-state index contributed by atoms with van der Waals surface area (Å²) in [5.41, 5.74) is 8.30. The Labute approximate surface area is 124 Å². The van der Waals surface area contributed by atoms with Crippen LogP contribution >= 0.6 is 39.7 Å². The molecule has 0 aliphatic carbocycles. The molecule has 2 aromatic rings. The van der Waals surface area contributed by atoms with Crippen LogP contribution in [0.5, 0.6) is 0 Å². The summed E-state index contributed by atoms with van der Waals surface area (Å²) in [6, 6.07) is 13.2. The molecule has 0 unspecified atom stereocenters. The van der Waals surface area contributed by atoms with Crippen molar-refractivity contribution >= 4 is 56.1 Å². The molecule has 3 N–H and O–H groups in total. The van der Waals surface area contributed by atoms with E-state index in [1.807, 2.05) is 42.5 Å². The molecule has 0 amide bonds. The maximum absolute atomic E-state index is 5.89. The van der Waals surface area contributed by atoms with Gasteiger partial charge in [-0.3, -0.25) is 0 Å². The first kappa shape index (κ1) is 13.3. The molecule has 2 nitrogen and oxygen atoms in total. The van der Waals surface area contributed by atoms with Crippen LogP contribution < -0.4 is 11.1 Å².